The summed E-state index contributed by atoms with van der Waals surface area (Å²) in [5.74, 6) is -1.71. The van der Waals surface area contributed by atoms with Gasteiger partial charge in [0.2, 0.25) is 0 Å². The molecule has 2 fully saturated rings. The number of rotatable bonds is 5. The summed E-state index contributed by atoms with van der Waals surface area (Å²) in [6.07, 6.45) is -1.78. The normalized spacial score (nSPS) is 28.0. The number of fused-ring (bicyclic) bond motifs is 3. The van der Waals surface area contributed by atoms with E-state index in [2.05, 4.69) is 17.0 Å². The van der Waals surface area contributed by atoms with Gasteiger partial charge in [-0.15, -0.1) is 0 Å². The molecule has 34 heavy (non-hydrogen) atoms. The lowest BCUT2D eigenvalue weighted by molar-refractivity contribution is -0.167. The second kappa shape index (κ2) is 8.36. The Morgan fingerprint density at radius 1 is 1.09 bits per heavy atom. The molecule has 1 amide bonds. The fourth-order valence-corrected chi connectivity index (χ4v) is 6.61. The number of β-amino-alcohol motifs (C(OH)–C–C–N with tert-alkyl or cyclic N) is 1. The Bertz CT molecular complexity index is 1050. The summed E-state index contributed by atoms with van der Waals surface area (Å²) in [6, 6.07) is 14.8. The highest BCUT2D eigenvalue weighted by Gasteiger charge is 2.56. The standard InChI is InChI=1S/C26H29F3N2O3/c1-34-25(19-7-4-8-22(11-19)30-23(32)26(27,28)29)20-9-10-21(25)15-31(14-20)16-24(33)12-17-5-2-3-6-18(17)13-24/h2-8,11,20-21,33H,9-10,12-16H2,1H3,(H,30,32). The van der Waals surface area contributed by atoms with Crippen LogP contribution in [0, 0.1) is 11.8 Å². The average molecular weight is 475 g/mol. The van der Waals surface area contributed by atoms with E-state index in [1.165, 1.54) is 17.2 Å². The number of likely N-dealkylation sites (tertiary alicyclic amines) is 1. The molecular formula is C26H29F3N2O3. The zero-order chi connectivity index (χ0) is 24.1. The van der Waals surface area contributed by atoms with Crippen LogP contribution in [0.5, 0.6) is 0 Å². The van der Waals surface area contributed by atoms with E-state index in [9.17, 15) is 23.1 Å². The molecule has 2 unspecified atom stereocenters. The SMILES string of the molecule is COC1(c2cccc(NC(=O)C(F)(F)F)c2)C2CCC1CN(CC1(O)Cc3ccccc3C1)C2. The molecular weight excluding hydrogens is 445 g/mol. The van der Waals surface area contributed by atoms with Crippen LogP contribution in [0.3, 0.4) is 0 Å². The van der Waals surface area contributed by atoms with Crippen LogP contribution in [0.4, 0.5) is 18.9 Å². The van der Waals surface area contributed by atoms with Gasteiger partial charge >= 0.3 is 12.1 Å². The lowest BCUT2D eigenvalue weighted by atomic mass is 9.74. The van der Waals surface area contributed by atoms with Crippen LogP contribution in [0.2, 0.25) is 0 Å². The Morgan fingerprint density at radius 3 is 2.26 bits per heavy atom. The molecule has 2 aliphatic carbocycles. The third-order valence-electron chi connectivity index (χ3n) is 7.88. The molecule has 0 aromatic heterocycles. The lowest BCUT2D eigenvalue weighted by Crippen LogP contribution is -2.56. The van der Waals surface area contributed by atoms with Crippen LogP contribution in [0.1, 0.15) is 29.5 Å². The van der Waals surface area contributed by atoms with Crippen molar-refractivity contribution >= 4 is 11.6 Å². The molecule has 2 N–H and O–H groups in total. The minimum absolute atomic E-state index is 0.108. The third-order valence-corrected chi connectivity index (χ3v) is 7.88. The van der Waals surface area contributed by atoms with Crippen LogP contribution in [0.25, 0.3) is 0 Å². The number of benzene rings is 2. The maximum atomic E-state index is 12.7. The molecule has 182 valence electrons. The molecule has 5 nitrogen and oxygen atoms in total. The number of methoxy groups -OCH3 is 1. The molecule has 3 aliphatic rings. The summed E-state index contributed by atoms with van der Waals surface area (Å²) >= 11 is 0. The average Bonchev–Trinajstić information content (AvgIpc) is 3.21. The minimum Gasteiger partial charge on any atom is -0.388 e. The van der Waals surface area contributed by atoms with Crippen molar-refractivity contribution in [2.24, 2.45) is 11.8 Å². The second-order valence-electron chi connectivity index (χ2n) is 10.0. The van der Waals surface area contributed by atoms with Gasteiger partial charge in [-0.2, -0.15) is 13.2 Å². The van der Waals surface area contributed by atoms with E-state index in [0.717, 1.165) is 31.5 Å². The number of nitrogens with one attached hydrogen (secondary N) is 1. The number of amides is 1. The topological polar surface area (TPSA) is 61.8 Å². The van der Waals surface area contributed by atoms with Gasteiger partial charge in [0.1, 0.15) is 5.60 Å². The van der Waals surface area contributed by atoms with E-state index in [4.69, 9.17) is 4.74 Å². The van der Waals surface area contributed by atoms with Gasteiger partial charge in [0.15, 0.2) is 0 Å². The number of carbonyl (C=O) groups is 1. The molecule has 0 spiro atoms. The number of piperidine rings is 1. The molecule has 5 rings (SSSR count). The van der Waals surface area contributed by atoms with Crippen LogP contribution in [-0.2, 0) is 28.0 Å². The molecule has 1 aliphatic heterocycles. The monoisotopic (exact) mass is 474 g/mol. The van der Waals surface area contributed by atoms with Gasteiger partial charge in [-0.25, -0.2) is 0 Å². The van der Waals surface area contributed by atoms with Gasteiger partial charge in [-0.05, 0) is 41.7 Å². The van der Waals surface area contributed by atoms with Gasteiger partial charge in [-0.1, -0.05) is 36.4 Å². The zero-order valence-corrected chi connectivity index (χ0v) is 19.1. The number of nitrogens with zero attached hydrogens (tertiary/aromatic N) is 1. The van der Waals surface area contributed by atoms with Gasteiger partial charge in [0.05, 0.1) is 5.60 Å². The van der Waals surface area contributed by atoms with Gasteiger partial charge < -0.3 is 15.2 Å². The number of hydrogen-bond donors (Lipinski definition) is 2. The molecule has 1 saturated carbocycles. The first kappa shape index (κ1) is 23.3. The highest BCUT2D eigenvalue weighted by atomic mass is 19.4. The number of alkyl halides is 3. The quantitative estimate of drug-likeness (QED) is 0.690. The Kier molecular flexibility index (Phi) is 5.73. The van der Waals surface area contributed by atoms with Crippen LogP contribution < -0.4 is 5.32 Å². The first-order valence-electron chi connectivity index (χ1n) is 11.7. The van der Waals surface area contributed by atoms with Crippen molar-refractivity contribution < 1.29 is 27.8 Å². The predicted octanol–water partition coefficient (Wildman–Crippen LogP) is 3.90. The fourth-order valence-electron chi connectivity index (χ4n) is 6.61. The summed E-state index contributed by atoms with van der Waals surface area (Å²) in [5, 5.41) is 13.3. The Labute approximate surface area is 196 Å². The van der Waals surface area contributed by atoms with E-state index in [1.54, 1.807) is 19.2 Å². The Balaban J connectivity index is 1.34. The second-order valence-corrected chi connectivity index (χ2v) is 10.0. The van der Waals surface area contributed by atoms with Crippen LogP contribution in [0.15, 0.2) is 48.5 Å². The highest BCUT2D eigenvalue weighted by molar-refractivity contribution is 5.94. The predicted molar refractivity (Wildman–Crippen MR) is 121 cm³/mol. The largest absolute Gasteiger partial charge is 0.471 e. The van der Waals surface area contributed by atoms with Crippen molar-refractivity contribution in [3.8, 4) is 0 Å². The Morgan fingerprint density at radius 2 is 1.71 bits per heavy atom. The van der Waals surface area contributed by atoms with Gasteiger partial charge in [0, 0.05) is 57.1 Å². The molecule has 8 heteroatoms. The zero-order valence-electron chi connectivity index (χ0n) is 19.1. The van der Waals surface area contributed by atoms with E-state index < -0.39 is 23.3 Å². The number of carbonyl (C=O) groups excluding carboxylic acids is 1. The molecule has 1 heterocycles. The Hall–Kier alpha value is -2.42. The van der Waals surface area contributed by atoms with E-state index >= 15 is 0 Å². The summed E-state index contributed by atoms with van der Waals surface area (Å²) in [4.78, 5) is 13.8. The number of hydrogen-bond acceptors (Lipinski definition) is 4. The van der Waals surface area contributed by atoms with Crippen molar-refractivity contribution in [3.05, 3.63) is 65.2 Å². The van der Waals surface area contributed by atoms with Crippen molar-refractivity contribution in [3.63, 3.8) is 0 Å². The van der Waals surface area contributed by atoms with Crippen molar-refractivity contribution in [1.82, 2.24) is 4.90 Å². The van der Waals surface area contributed by atoms with Crippen LogP contribution in [-0.4, -0.2) is 54.4 Å². The lowest BCUT2D eigenvalue weighted by Gasteiger charge is -2.48. The maximum absolute atomic E-state index is 12.7. The molecule has 2 atom stereocenters. The first-order valence-corrected chi connectivity index (χ1v) is 11.7. The number of ether oxygens (including phenoxy) is 1. The third kappa shape index (κ3) is 4.01. The van der Waals surface area contributed by atoms with Crippen LogP contribution >= 0.6 is 0 Å². The molecule has 1 saturated heterocycles. The number of aliphatic hydroxyl groups is 1. The summed E-state index contributed by atoms with van der Waals surface area (Å²) in [7, 11) is 1.66. The summed E-state index contributed by atoms with van der Waals surface area (Å²) in [5.41, 5.74) is 1.88. The van der Waals surface area contributed by atoms with Crippen molar-refractivity contribution in [2.75, 3.05) is 32.1 Å². The molecule has 2 aromatic rings. The van der Waals surface area contributed by atoms with E-state index in [1.807, 2.05) is 23.5 Å². The highest BCUT2D eigenvalue weighted by Crippen LogP contribution is 2.54. The molecule has 2 aromatic carbocycles. The smallest absolute Gasteiger partial charge is 0.388 e. The number of halogens is 3. The van der Waals surface area contributed by atoms with Crippen molar-refractivity contribution in [2.45, 2.75) is 43.1 Å². The number of anilines is 1. The maximum Gasteiger partial charge on any atom is 0.471 e. The molecule has 2 bridgehead atoms. The first-order chi connectivity index (χ1) is 16.1. The summed E-state index contributed by atoms with van der Waals surface area (Å²) < 4.78 is 44.3. The van der Waals surface area contributed by atoms with Gasteiger partial charge in [0.25, 0.3) is 0 Å². The molecule has 0 radical (unpaired) electrons. The van der Waals surface area contributed by atoms with Crippen molar-refractivity contribution in [1.29, 1.82) is 0 Å². The van der Waals surface area contributed by atoms with Gasteiger partial charge in [-0.3, -0.25) is 9.69 Å². The van der Waals surface area contributed by atoms with E-state index in [-0.39, 0.29) is 17.5 Å². The fraction of sp³-hybridized carbons (Fsp3) is 0.500. The summed E-state index contributed by atoms with van der Waals surface area (Å²) in [6.45, 7) is 2.06. The minimum atomic E-state index is -4.94. The van der Waals surface area contributed by atoms with E-state index in [0.29, 0.717) is 19.4 Å².